The van der Waals surface area contributed by atoms with E-state index in [0.717, 1.165) is 30.2 Å². The lowest BCUT2D eigenvalue weighted by atomic mass is 10.0. The van der Waals surface area contributed by atoms with Gasteiger partial charge in [0.15, 0.2) is 11.6 Å². The summed E-state index contributed by atoms with van der Waals surface area (Å²) in [5.74, 6) is 1.54. The number of aromatic nitrogens is 2. The standard InChI is InChI=1S/C30H48N2O/c1-3-5-7-9-11-12-13-15-17-19-27-20-22-28(23-21-27)30-31-25-29(26-32-30)33-24-18-16-14-10-8-6-4-2/h20-23,25-26H,3-19,24H2,1-2H3. The van der Waals surface area contributed by atoms with Gasteiger partial charge >= 0.3 is 0 Å². The maximum Gasteiger partial charge on any atom is 0.159 e. The van der Waals surface area contributed by atoms with E-state index in [9.17, 15) is 0 Å². The molecule has 0 saturated carbocycles. The number of ether oxygens (including phenoxy) is 1. The Bertz CT molecular complexity index is 696. The monoisotopic (exact) mass is 452 g/mol. The van der Waals surface area contributed by atoms with Gasteiger partial charge in [0.2, 0.25) is 0 Å². The fourth-order valence-corrected chi connectivity index (χ4v) is 4.25. The normalized spacial score (nSPS) is 11.1. The van der Waals surface area contributed by atoms with Gasteiger partial charge in [-0.2, -0.15) is 0 Å². The summed E-state index contributed by atoms with van der Waals surface area (Å²) < 4.78 is 5.82. The lowest BCUT2D eigenvalue weighted by Gasteiger charge is -2.07. The van der Waals surface area contributed by atoms with E-state index in [4.69, 9.17) is 4.74 Å². The van der Waals surface area contributed by atoms with E-state index < -0.39 is 0 Å². The van der Waals surface area contributed by atoms with Crippen molar-refractivity contribution in [3.63, 3.8) is 0 Å². The predicted molar refractivity (Wildman–Crippen MR) is 142 cm³/mol. The van der Waals surface area contributed by atoms with Crippen LogP contribution in [-0.4, -0.2) is 16.6 Å². The molecule has 184 valence electrons. The van der Waals surface area contributed by atoms with Gasteiger partial charge in [-0.25, -0.2) is 9.97 Å². The molecule has 0 amide bonds. The van der Waals surface area contributed by atoms with Crippen LogP contribution in [0.25, 0.3) is 11.4 Å². The molecule has 0 saturated heterocycles. The molecule has 0 atom stereocenters. The zero-order valence-corrected chi connectivity index (χ0v) is 21.5. The molecule has 1 heterocycles. The summed E-state index contributed by atoms with van der Waals surface area (Å²) >= 11 is 0. The van der Waals surface area contributed by atoms with E-state index in [0.29, 0.717) is 0 Å². The highest BCUT2D eigenvalue weighted by Gasteiger charge is 2.03. The maximum atomic E-state index is 5.82. The Balaban J connectivity index is 1.59. The average molecular weight is 453 g/mol. The molecule has 3 heteroatoms. The SMILES string of the molecule is CCCCCCCCCCCc1ccc(-c2ncc(OCCCCCCCCC)cn2)cc1. The van der Waals surface area contributed by atoms with Gasteiger partial charge in [-0.3, -0.25) is 0 Å². The molecule has 0 N–H and O–H groups in total. The van der Waals surface area contributed by atoms with Crippen molar-refractivity contribution >= 4 is 0 Å². The second kappa shape index (κ2) is 18.5. The third-order valence-electron chi connectivity index (χ3n) is 6.43. The van der Waals surface area contributed by atoms with Crippen LogP contribution in [0.15, 0.2) is 36.7 Å². The summed E-state index contributed by atoms with van der Waals surface area (Å²) in [6.45, 7) is 5.29. The summed E-state index contributed by atoms with van der Waals surface area (Å²) in [6.07, 6.45) is 26.2. The first-order chi connectivity index (χ1) is 16.3. The van der Waals surface area contributed by atoms with Gasteiger partial charge in [0.05, 0.1) is 19.0 Å². The zero-order chi connectivity index (χ0) is 23.4. The number of rotatable bonds is 20. The predicted octanol–water partition coefficient (Wildman–Crippen LogP) is 9.35. The fourth-order valence-electron chi connectivity index (χ4n) is 4.25. The van der Waals surface area contributed by atoms with Crippen molar-refractivity contribution in [2.45, 2.75) is 123 Å². The number of hydrogen-bond acceptors (Lipinski definition) is 3. The van der Waals surface area contributed by atoms with Crippen LogP contribution < -0.4 is 4.74 Å². The van der Waals surface area contributed by atoms with Crippen LogP contribution in [-0.2, 0) is 6.42 Å². The molecule has 3 nitrogen and oxygen atoms in total. The largest absolute Gasteiger partial charge is 0.490 e. The number of benzene rings is 1. The van der Waals surface area contributed by atoms with E-state index in [1.807, 2.05) is 0 Å². The van der Waals surface area contributed by atoms with Gasteiger partial charge in [-0.05, 0) is 24.8 Å². The van der Waals surface area contributed by atoms with Gasteiger partial charge in [0.25, 0.3) is 0 Å². The van der Waals surface area contributed by atoms with Gasteiger partial charge in [-0.1, -0.05) is 128 Å². The van der Waals surface area contributed by atoms with Gasteiger partial charge < -0.3 is 4.74 Å². The Kier molecular flexibility index (Phi) is 15.3. The minimum atomic E-state index is 0.754. The van der Waals surface area contributed by atoms with Crippen molar-refractivity contribution in [2.75, 3.05) is 6.61 Å². The van der Waals surface area contributed by atoms with Crippen molar-refractivity contribution in [1.29, 1.82) is 0 Å². The third kappa shape index (κ3) is 12.8. The summed E-state index contributed by atoms with van der Waals surface area (Å²) in [5.41, 5.74) is 2.49. The summed E-state index contributed by atoms with van der Waals surface area (Å²) in [7, 11) is 0. The lowest BCUT2D eigenvalue weighted by Crippen LogP contribution is -1.99. The Labute approximate surface area is 203 Å². The molecule has 0 bridgehead atoms. The first kappa shape index (κ1) is 27.3. The van der Waals surface area contributed by atoms with Crippen LogP contribution in [0, 0.1) is 0 Å². The highest BCUT2D eigenvalue weighted by molar-refractivity contribution is 5.55. The van der Waals surface area contributed by atoms with E-state index in [1.165, 1.54) is 108 Å². The quantitative estimate of drug-likeness (QED) is 0.188. The highest BCUT2D eigenvalue weighted by Crippen LogP contribution is 2.19. The first-order valence-electron chi connectivity index (χ1n) is 13.9. The molecule has 2 aromatic rings. The van der Waals surface area contributed by atoms with Gasteiger partial charge in [-0.15, -0.1) is 0 Å². The van der Waals surface area contributed by atoms with Crippen LogP contribution in [0.2, 0.25) is 0 Å². The fraction of sp³-hybridized carbons (Fsp3) is 0.667. The Morgan fingerprint density at radius 3 is 1.61 bits per heavy atom. The molecule has 1 aromatic heterocycles. The third-order valence-corrected chi connectivity index (χ3v) is 6.43. The molecular formula is C30H48N2O. The molecule has 0 aliphatic carbocycles. The molecule has 0 aliphatic heterocycles. The minimum Gasteiger partial charge on any atom is -0.490 e. The molecule has 1 aromatic carbocycles. The Morgan fingerprint density at radius 2 is 1.06 bits per heavy atom. The van der Waals surface area contributed by atoms with Crippen molar-refractivity contribution in [2.24, 2.45) is 0 Å². The summed E-state index contributed by atoms with van der Waals surface area (Å²) in [4.78, 5) is 9.03. The molecule has 0 fully saturated rings. The Morgan fingerprint density at radius 1 is 0.576 bits per heavy atom. The van der Waals surface area contributed by atoms with Gasteiger partial charge in [0.1, 0.15) is 0 Å². The van der Waals surface area contributed by atoms with E-state index >= 15 is 0 Å². The number of unbranched alkanes of at least 4 members (excludes halogenated alkanes) is 14. The zero-order valence-electron chi connectivity index (χ0n) is 21.5. The van der Waals surface area contributed by atoms with Crippen LogP contribution in [0.5, 0.6) is 5.75 Å². The van der Waals surface area contributed by atoms with Crippen molar-refractivity contribution in [3.8, 4) is 17.1 Å². The van der Waals surface area contributed by atoms with Crippen molar-refractivity contribution < 1.29 is 4.74 Å². The number of aryl methyl sites for hydroxylation is 1. The second-order valence-corrected chi connectivity index (χ2v) is 9.49. The van der Waals surface area contributed by atoms with E-state index in [-0.39, 0.29) is 0 Å². The molecule has 33 heavy (non-hydrogen) atoms. The van der Waals surface area contributed by atoms with Crippen LogP contribution in [0.3, 0.4) is 0 Å². The first-order valence-corrected chi connectivity index (χ1v) is 13.9. The summed E-state index contributed by atoms with van der Waals surface area (Å²) in [6, 6.07) is 8.76. The lowest BCUT2D eigenvalue weighted by molar-refractivity contribution is 0.302. The average Bonchev–Trinajstić information content (AvgIpc) is 2.85. The van der Waals surface area contributed by atoms with Crippen molar-refractivity contribution in [3.05, 3.63) is 42.2 Å². The molecule has 0 radical (unpaired) electrons. The molecule has 0 aliphatic rings. The second-order valence-electron chi connectivity index (χ2n) is 9.49. The molecular weight excluding hydrogens is 404 g/mol. The number of hydrogen-bond donors (Lipinski definition) is 0. The topological polar surface area (TPSA) is 35.0 Å². The molecule has 2 rings (SSSR count). The smallest absolute Gasteiger partial charge is 0.159 e. The minimum absolute atomic E-state index is 0.754. The highest BCUT2D eigenvalue weighted by atomic mass is 16.5. The Hall–Kier alpha value is -1.90. The summed E-state index contributed by atoms with van der Waals surface area (Å²) in [5, 5.41) is 0. The molecule has 0 unspecified atom stereocenters. The maximum absolute atomic E-state index is 5.82. The van der Waals surface area contributed by atoms with Crippen LogP contribution in [0.4, 0.5) is 0 Å². The van der Waals surface area contributed by atoms with Crippen LogP contribution in [0.1, 0.15) is 122 Å². The van der Waals surface area contributed by atoms with Crippen molar-refractivity contribution in [1.82, 2.24) is 9.97 Å². The van der Waals surface area contributed by atoms with E-state index in [2.05, 4.69) is 48.1 Å². The van der Waals surface area contributed by atoms with E-state index in [1.54, 1.807) is 12.4 Å². The van der Waals surface area contributed by atoms with Crippen LogP contribution >= 0.6 is 0 Å². The van der Waals surface area contributed by atoms with Gasteiger partial charge in [0, 0.05) is 5.56 Å². The number of nitrogens with zero attached hydrogens (tertiary/aromatic N) is 2. The molecule has 0 spiro atoms.